The molecule has 0 radical (unpaired) electrons. The van der Waals surface area contributed by atoms with Crippen LogP contribution in [-0.2, 0) is 9.59 Å². The van der Waals surface area contributed by atoms with E-state index in [1.807, 2.05) is 0 Å². The van der Waals surface area contributed by atoms with E-state index in [1.54, 1.807) is 0 Å². The van der Waals surface area contributed by atoms with Crippen molar-refractivity contribution in [2.45, 2.75) is 130 Å². The van der Waals surface area contributed by atoms with E-state index >= 15 is 0 Å². The molecule has 0 fully saturated rings. The number of carbonyl (C=O) groups is 2. The first kappa shape index (κ1) is 25.9. The van der Waals surface area contributed by atoms with E-state index in [-0.39, 0.29) is 5.91 Å². The number of unbranched alkanes of at least 4 members (excludes halogenated alkanes) is 12. The Kier molecular flexibility index (Phi) is 17.6. The minimum Gasteiger partial charge on any atom is -0.480 e. The zero-order chi connectivity index (χ0) is 20.3. The third kappa shape index (κ3) is 18.1. The Bertz CT molecular complexity index is 369. The highest BCUT2D eigenvalue weighted by Gasteiger charge is 2.19. The fourth-order valence-electron chi connectivity index (χ4n) is 3.33. The van der Waals surface area contributed by atoms with Gasteiger partial charge in [0.2, 0.25) is 5.91 Å². The van der Waals surface area contributed by atoms with Gasteiger partial charge in [0.1, 0.15) is 6.04 Å². The maximum absolute atomic E-state index is 11.9. The number of amides is 1. The van der Waals surface area contributed by atoms with Crippen LogP contribution in [0.5, 0.6) is 0 Å². The molecule has 0 aliphatic heterocycles. The molecule has 0 saturated heterocycles. The van der Waals surface area contributed by atoms with E-state index in [4.69, 9.17) is 0 Å². The molecular formula is C23H45NO3. The van der Waals surface area contributed by atoms with Crippen LogP contribution in [0.15, 0.2) is 0 Å². The van der Waals surface area contributed by atoms with Crippen molar-refractivity contribution >= 4 is 11.9 Å². The number of rotatable bonds is 19. The zero-order valence-electron chi connectivity index (χ0n) is 18.2. The van der Waals surface area contributed by atoms with Crippen LogP contribution >= 0.6 is 0 Å². The summed E-state index contributed by atoms with van der Waals surface area (Å²) in [5.74, 6) is -0.589. The van der Waals surface area contributed by atoms with E-state index in [0.717, 1.165) is 19.3 Å². The lowest BCUT2D eigenvalue weighted by Crippen LogP contribution is -2.40. The second-order valence-corrected chi connectivity index (χ2v) is 8.42. The molecule has 0 aliphatic carbocycles. The van der Waals surface area contributed by atoms with Gasteiger partial charge in [-0.3, -0.25) is 4.79 Å². The smallest absolute Gasteiger partial charge is 0.326 e. The number of carbonyl (C=O) groups excluding carboxylic acids is 1. The van der Waals surface area contributed by atoms with E-state index < -0.39 is 12.0 Å². The molecular weight excluding hydrogens is 338 g/mol. The van der Waals surface area contributed by atoms with Crippen LogP contribution in [0.1, 0.15) is 124 Å². The molecule has 4 heteroatoms. The summed E-state index contributed by atoms with van der Waals surface area (Å²) in [6.45, 7) is 6.38. The van der Waals surface area contributed by atoms with Crippen LogP contribution in [0.2, 0.25) is 0 Å². The molecule has 0 aromatic heterocycles. The van der Waals surface area contributed by atoms with Crippen LogP contribution in [-0.4, -0.2) is 23.0 Å². The molecule has 0 heterocycles. The Balaban J connectivity index is 3.50. The van der Waals surface area contributed by atoms with Crippen molar-refractivity contribution in [2.75, 3.05) is 0 Å². The highest BCUT2D eigenvalue weighted by molar-refractivity contribution is 5.83. The molecule has 0 aromatic rings. The van der Waals surface area contributed by atoms with Gasteiger partial charge in [0.25, 0.3) is 0 Å². The summed E-state index contributed by atoms with van der Waals surface area (Å²) in [6, 6.07) is -0.734. The third-order valence-electron chi connectivity index (χ3n) is 5.17. The van der Waals surface area contributed by atoms with Crippen molar-refractivity contribution in [3.05, 3.63) is 0 Å². The quantitative estimate of drug-likeness (QED) is 0.251. The van der Waals surface area contributed by atoms with Gasteiger partial charge in [-0.1, -0.05) is 97.8 Å². The first-order valence-electron chi connectivity index (χ1n) is 11.5. The minimum atomic E-state index is -0.922. The lowest BCUT2D eigenvalue weighted by atomic mass is 10.0. The number of carboxylic acids is 1. The predicted molar refractivity (Wildman–Crippen MR) is 114 cm³/mol. The Morgan fingerprint density at radius 1 is 0.741 bits per heavy atom. The van der Waals surface area contributed by atoms with Crippen molar-refractivity contribution in [3.8, 4) is 0 Å². The number of carboxylic acid groups (broad SMARTS) is 1. The molecule has 4 nitrogen and oxygen atoms in total. The molecule has 27 heavy (non-hydrogen) atoms. The second-order valence-electron chi connectivity index (χ2n) is 8.42. The first-order valence-corrected chi connectivity index (χ1v) is 11.5. The lowest BCUT2D eigenvalue weighted by Gasteiger charge is -2.15. The Morgan fingerprint density at radius 2 is 1.19 bits per heavy atom. The summed E-state index contributed by atoms with van der Waals surface area (Å²) in [5, 5.41) is 11.9. The maximum atomic E-state index is 11.9. The van der Waals surface area contributed by atoms with E-state index in [9.17, 15) is 14.7 Å². The fourth-order valence-corrected chi connectivity index (χ4v) is 3.33. The Labute approximate surface area is 167 Å². The summed E-state index contributed by atoms with van der Waals surface area (Å²) in [4.78, 5) is 23.2. The molecule has 0 rings (SSSR count). The van der Waals surface area contributed by atoms with Gasteiger partial charge < -0.3 is 10.4 Å². The highest BCUT2D eigenvalue weighted by atomic mass is 16.4. The average molecular weight is 384 g/mol. The average Bonchev–Trinajstić information content (AvgIpc) is 2.62. The van der Waals surface area contributed by atoms with Gasteiger partial charge in [0, 0.05) is 6.42 Å². The number of nitrogens with one attached hydrogen (secondary N) is 1. The summed E-state index contributed by atoms with van der Waals surface area (Å²) in [5.41, 5.74) is 0. The van der Waals surface area contributed by atoms with Crippen LogP contribution < -0.4 is 5.32 Å². The molecule has 0 bridgehead atoms. The van der Waals surface area contributed by atoms with Crippen molar-refractivity contribution in [1.82, 2.24) is 5.32 Å². The first-order chi connectivity index (χ1) is 13.0. The predicted octanol–water partition coefficient (Wildman–Crippen LogP) is 6.47. The van der Waals surface area contributed by atoms with Gasteiger partial charge in [-0.2, -0.15) is 0 Å². The maximum Gasteiger partial charge on any atom is 0.326 e. The normalized spacial score (nSPS) is 12.3. The Morgan fingerprint density at radius 3 is 1.59 bits per heavy atom. The summed E-state index contributed by atoms with van der Waals surface area (Å²) in [6.07, 6.45) is 18.4. The molecule has 0 aliphatic rings. The van der Waals surface area contributed by atoms with Gasteiger partial charge in [-0.05, 0) is 25.2 Å². The summed E-state index contributed by atoms with van der Waals surface area (Å²) >= 11 is 0. The fraction of sp³-hybridized carbons (Fsp3) is 0.913. The second kappa shape index (κ2) is 18.3. The Hall–Kier alpha value is -1.06. The van der Waals surface area contributed by atoms with Gasteiger partial charge in [0.15, 0.2) is 0 Å². The molecule has 160 valence electrons. The van der Waals surface area contributed by atoms with Crippen LogP contribution in [0, 0.1) is 5.92 Å². The largest absolute Gasteiger partial charge is 0.480 e. The monoisotopic (exact) mass is 383 g/mol. The molecule has 0 aromatic carbocycles. The van der Waals surface area contributed by atoms with E-state index in [1.165, 1.54) is 70.6 Å². The standard InChI is InChI=1S/C23H45NO3/c1-4-5-6-7-8-9-10-11-12-13-14-15-16-17-22(25)24-21(23(26)27)19-18-20(2)3/h20-21H,4-19H2,1-3H3,(H,24,25)(H,26,27)/t21-/m0/s1. The van der Waals surface area contributed by atoms with E-state index in [2.05, 4.69) is 26.1 Å². The highest BCUT2D eigenvalue weighted by Crippen LogP contribution is 2.13. The number of hydrogen-bond donors (Lipinski definition) is 2. The lowest BCUT2D eigenvalue weighted by molar-refractivity contribution is -0.142. The summed E-state index contributed by atoms with van der Waals surface area (Å²) < 4.78 is 0. The minimum absolute atomic E-state index is 0.116. The van der Waals surface area contributed by atoms with E-state index in [0.29, 0.717) is 18.8 Å². The van der Waals surface area contributed by atoms with Crippen molar-refractivity contribution in [1.29, 1.82) is 0 Å². The number of aliphatic carboxylic acids is 1. The SMILES string of the molecule is CCCCCCCCCCCCCCCC(=O)N[C@@H](CCC(C)C)C(=O)O. The van der Waals surface area contributed by atoms with Crippen LogP contribution in [0.4, 0.5) is 0 Å². The van der Waals surface area contributed by atoms with Crippen molar-refractivity contribution < 1.29 is 14.7 Å². The number of hydrogen-bond acceptors (Lipinski definition) is 2. The van der Waals surface area contributed by atoms with Gasteiger partial charge >= 0.3 is 5.97 Å². The van der Waals surface area contributed by atoms with Crippen molar-refractivity contribution in [2.24, 2.45) is 5.92 Å². The van der Waals surface area contributed by atoms with Gasteiger partial charge in [-0.15, -0.1) is 0 Å². The van der Waals surface area contributed by atoms with Crippen LogP contribution in [0.3, 0.4) is 0 Å². The molecule has 1 amide bonds. The van der Waals surface area contributed by atoms with Crippen molar-refractivity contribution in [3.63, 3.8) is 0 Å². The summed E-state index contributed by atoms with van der Waals surface area (Å²) in [7, 11) is 0. The molecule has 0 saturated carbocycles. The van der Waals surface area contributed by atoms with Gasteiger partial charge in [-0.25, -0.2) is 4.79 Å². The van der Waals surface area contributed by atoms with Crippen LogP contribution in [0.25, 0.3) is 0 Å². The molecule has 0 spiro atoms. The van der Waals surface area contributed by atoms with Gasteiger partial charge in [0.05, 0.1) is 0 Å². The molecule has 2 N–H and O–H groups in total. The molecule has 1 atom stereocenters. The molecule has 0 unspecified atom stereocenters. The third-order valence-corrected chi connectivity index (χ3v) is 5.17. The zero-order valence-corrected chi connectivity index (χ0v) is 18.2. The topological polar surface area (TPSA) is 66.4 Å².